The van der Waals surface area contributed by atoms with Crippen LogP contribution in [0.15, 0.2) is 54.7 Å². The van der Waals surface area contributed by atoms with Crippen molar-refractivity contribution in [3.8, 4) is 5.69 Å². The number of carbonyl (C=O) groups excluding carboxylic acids is 3. The second-order valence-electron chi connectivity index (χ2n) is 7.70. The van der Waals surface area contributed by atoms with Crippen molar-refractivity contribution in [2.24, 2.45) is 5.92 Å². The van der Waals surface area contributed by atoms with Gasteiger partial charge in [-0.05, 0) is 49.2 Å². The molecule has 1 atom stereocenters. The number of ether oxygens (including phenoxy) is 1. The summed E-state index contributed by atoms with van der Waals surface area (Å²) in [5.41, 5.74) is 0.345. The fraction of sp³-hybridized carbons (Fsp3) is 0.250. The Balaban J connectivity index is 1.76. The van der Waals surface area contributed by atoms with Gasteiger partial charge < -0.3 is 15.4 Å². The van der Waals surface area contributed by atoms with E-state index in [1.807, 2.05) is 0 Å². The molecule has 2 amide bonds. The van der Waals surface area contributed by atoms with Crippen molar-refractivity contribution in [1.29, 1.82) is 0 Å². The van der Waals surface area contributed by atoms with E-state index in [2.05, 4.69) is 15.7 Å². The van der Waals surface area contributed by atoms with Crippen molar-refractivity contribution in [2.75, 3.05) is 11.9 Å². The summed E-state index contributed by atoms with van der Waals surface area (Å²) in [4.78, 5) is 37.2. The number of benzene rings is 2. The first kappa shape index (κ1) is 24.6. The van der Waals surface area contributed by atoms with Crippen molar-refractivity contribution in [1.82, 2.24) is 15.1 Å². The summed E-state index contributed by atoms with van der Waals surface area (Å²) < 4.78 is 34.3. The fourth-order valence-electron chi connectivity index (χ4n) is 3.19. The first-order chi connectivity index (χ1) is 16.2. The third-order valence-electron chi connectivity index (χ3n) is 4.88. The number of amides is 2. The Labute approximate surface area is 194 Å². The van der Waals surface area contributed by atoms with Crippen LogP contribution in [0.2, 0.25) is 0 Å². The molecule has 0 spiro atoms. The molecule has 10 heteroatoms. The van der Waals surface area contributed by atoms with E-state index in [4.69, 9.17) is 4.74 Å². The highest BCUT2D eigenvalue weighted by Crippen LogP contribution is 2.17. The van der Waals surface area contributed by atoms with Gasteiger partial charge in [0.15, 0.2) is 5.69 Å². The number of esters is 1. The summed E-state index contributed by atoms with van der Waals surface area (Å²) >= 11 is 0. The largest absolute Gasteiger partial charge is 0.461 e. The summed E-state index contributed by atoms with van der Waals surface area (Å²) in [6.45, 7) is 5.31. The van der Waals surface area contributed by atoms with E-state index in [9.17, 15) is 23.2 Å². The molecule has 0 aliphatic carbocycles. The van der Waals surface area contributed by atoms with Crippen molar-refractivity contribution >= 4 is 23.5 Å². The van der Waals surface area contributed by atoms with Gasteiger partial charge in [0.1, 0.15) is 23.2 Å². The molecule has 0 aliphatic rings. The third kappa shape index (κ3) is 5.64. The first-order valence-electron chi connectivity index (χ1n) is 10.6. The Morgan fingerprint density at radius 3 is 2.38 bits per heavy atom. The van der Waals surface area contributed by atoms with Crippen LogP contribution in [-0.4, -0.2) is 40.2 Å². The van der Waals surface area contributed by atoms with Crippen molar-refractivity contribution in [2.45, 2.75) is 26.8 Å². The minimum atomic E-state index is -1.06. The lowest BCUT2D eigenvalue weighted by atomic mass is 10.0. The van der Waals surface area contributed by atoms with Gasteiger partial charge in [-0.3, -0.25) is 9.59 Å². The molecule has 0 aliphatic heterocycles. The monoisotopic (exact) mass is 470 g/mol. The number of nitrogens with zero attached hydrogens (tertiary/aromatic N) is 2. The highest BCUT2D eigenvalue weighted by molar-refractivity contribution is 6.01. The SMILES string of the molecule is CCOC(=O)c1ccn(-c2cccc(NC(=O)[C@@H](NC(=O)c3c(F)cccc3F)C(C)C)c2)n1. The van der Waals surface area contributed by atoms with Crippen LogP contribution in [0.1, 0.15) is 41.6 Å². The quantitative estimate of drug-likeness (QED) is 0.489. The van der Waals surface area contributed by atoms with E-state index in [0.29, 0.717) is 11.4 Å². The normalized spacial score (nSPS) is 11.7. The van der Waals surface area contributed by atoms with Gasteiger partial charge in [0.2, 0.25) is 5.91 Å². The second-order valence-corrected chi connectivity index (χ2v) is 7.70. The predicted molar refractivity (Wildman–Crippen MR) is 121 cm³/mol. The number of nitrogens with one attached hydrogen (secondary N) is 2. The molecule has 0 saturated carbocycles. The molecule has 0 bridgehead atoms. The second kappa shape index (κ2) is 10.7. The molecule has 2 N–H and O–H groups in total. The van der Waals surface area contributed by atoms with Crippen LogP contribution in [0.25, 0.3) is 5.69 Å². The van der Waals surface area contributed by atoms with Crippen LogP contribution in [0.5, 0.6) is 0 Å². The third-order valence-corrected chi connectivity index (χ3v) is 4.88. The molecule has 0 unspecified atom stereocenters. The summed E-state index contributed by atoms with van der Waals surface area (Å²) in [5.74, 6) is -4.55. The molecule has 0 saturated heterocycles. The number of hydrogen-bond acceptors (Lipinski definition) is 5. The molecule has 0 fully saturated rings. The van der Waals surface area contributed by atoms with Crippen LogP contribution in [0.3, 0.4) is 0 Å². The average molecular weight is 470 g/mol. The van der Waals surface area contributed by atoms with Gasteiger partial charge in [-0.1, -0.05) is 26.0 Å². The van der Waals surface area contributed by atoms with E-state index < -0.39 is 41.0 Å². The van der Waals surface area contributed by atoms with Gasteiger partial charge in [0, 0.05) is 11.9 Å². The molecule has 3 rings (SSSR count). The number of rotatable bonds is 8. The lowest BCUT2D eigenvalue weighted by Crippen LogP contribution is -2.47. The maximum Gasteiger partial charge on any atom is 0.358 e. The van der Waals surface area contributed by atoms with Crippen LogP contribution < -0.4 is 10.6 Å². The first-order valence-corrected chi connectivity index (χ1v) is 10.6. The van der Waals surface area contributed by atoms with Gasteiger partial charge >= 0.3 is 5.97 Å². The van der Waals surface area contributed by atoms with E-state index in [0.717, 1.165) is 18.2 Å². The zero-order valence-electron chi connectivity index (χ0n) is 18.8. The lowest BCUT2D eigenvalue weighted by Gasteiger charge is -2.22. The minimum Gasteiger partial charge on any atom is -0.461 e. The maximum atomic E-state index is 14.0. The number of carbonyl (C=O) groups is 3. The smallest absolute Gasteiger partial charge is 0.358 e. The van der Waals surface area contributed by atoms with Crippen molar-refractivity contribution < 1.29 is 27.9 Å². The number of halogens is 2. The highest BCUT2D eigenvalue weighted by atomic mass is 19.1. The number of anilines is 1. The van der Waals surface area contributed by atoms with Crippen LogP contribution in [-0.2, 0) is 9.53 Å². The minimum absolute atomic E-state index is 0.138. The van der Waals surface area contributed by atoms with Crippen molar-refractivity contribution in [3.05, 3.63) is 77.6 Å². The number of hydrogen-bond donors (Lipinski definition) is 2. The van der Waals surface area contributed by atoms with Gasteiger partial charge in [-0.25, -0.2) is 18.3 Å². The van der Waals surface area contributed by atoms with E-state index in [-0.39, 0.29) is 18.2 Å². The Hall–Kier alpha value is -4.08. The number of aromatic nitrogens is 2. The molecule has 8 nitrogen and oxygen atoms in total. The van der Waals surface area contributed by atoms with E-state index in [1.165, 1.54) is 10.7 Å². The fourth-order valence-corrected chi connectivity index (χ4v) is 3.19. The van der Waals surface area contributed by atoms with Crippen LogP contribution >= 0.6 is 0 Å². The van der Waals surface area contributed by atoms with Gasteiger partial charge in [-0.15, -0.1) is 0 Å². The lowest BCUT2D eigenvalue weighted by molar-refractivity contribution is -0.118. The highest BCUT2D eigenvalue weighted by Gasteiger charge is 2.27. The van der Waals surface area contributed by atoms with E-state index >= 15 is 0 Å². The Bertz CT molecular complexity index is 1190. The Morgan fingerprint density at radius 1 is 1.06 bits per heavy atom. The molecule has 1 aromatic heterocycles. The van der Waals surface area contributed by atoms with Gasteiger partial charge in [0.25, 0.3) is 5.91 Å². The summed E-state index contributed by atoms with van der Waals surface area (Å²) in [6, 6.07) is 10.2. The van der Waals surface area contributed by atoms with Crippen LogP contribution in [0, 0.1) is 17.6 Å². The predicted octanol–water partition coefficient (Wildman–Crippen LogP) is 3.72. The summed E-state index contributed by atoms with van der Waals surface area (Å²) in [7, 11) is 0. The molecule has 3 aromatic rings. The molecule has 178 valence electrons. The zero-order valence-corrected chi connectivity index (χ0v) is 18.8. The standard InChI is InChI=1S/C24H24F2N4O4/c1-4-34-24(33)19-11-12-30(29-19)16-8-5-7-15(13-16)27-23(32)21(14(2)3)28-22(31)20-17(25)9-6-10-18(20)26/h5-14,21H,4H2,1-3H3,(H,27,32)(H,28,31)/t21-/m0/s1. The van der Waals surface area contributed by atoms with Gasteiger partial charge in [-0.2, -0.15) is 5.10 Å². The summed E-state index contributed by atoms with van der Waals surface area (Å²) in [5, 5.41) is 9.28. The molecule has 34 heavy (non-hydrogen) atoms. The zero-order chi connectivity index (χ0) is 24.8. The summed E-state index contributed by atoms with van der Waals surface area (Å²) in [6.07, 6.45) is 1.58. The molecule has 2 aromatic carbocycles. The van der Waals surface area contributed by atoms with Crippen LogP contribution in [0.4, 0.5) is 14.5 Å². The molecule has 0 radical (unpaired) electrons. The molecule has 1 heterocycles. The maximum absolute atomic E-state index is 14.0. The Kier molecular flexibility index (Phi) is 7.72. The topological polar surface area (TPSA) is 102 Å². The molecular formula is C24H24F2N4O4. The van der Waals surface area contributed by atoms with E-state index in [1.54, 1.807) is 51.2 Å². The average Bonchev–Trinajstić information content (AvgIpc) is 3.28. The molecular weight excluding hydrogens is 446 g/mol. The van der Waals surface area contributed by atoms with Gasteiger partial charge in [0.05, 0.1) is 12.3 Å². The Morgan fingerprint density at radius 2 is 1.74 bits per heavy atom. The van der Waals surface area contributed by atoms with Crippen molar-refractivity contribution in [3.63, 3.8) is 0 Å².